The molecule has 0 saturated heterocycles. The van der Waals surface area contributed by atoms with E-state index < -0.39 is 0 Å². The van der Waals surface area contributed by atoms with Gasteiger partial charge >= 0.3 is 0 Å². The van der Waals surface area contributed by atoms with Crippen LogP contribution in [0.4, 0.5) is 0 Å². The Kier molecular flexibility index (Phi) is 3.52. The van der Waals surface area contributed by atoms with E-state index in [-0.39, 0.29) is 0 Å². The smallest absolute Gasteiger partial charge is 0.140 e. The van der Waals surface area contributed by atoms with Gasteiger partial charge in [0.1, 0.15) is 5.82 Å². The van der Waals surface area contributed by atoms with Crippen molar-refractivity contribution in [2.24, 2.45) is 0 Å². The average Bonchev–Trinajstić information content (AvgIpc) is 3.22. The van der Waals surface area contributed by atoms with Crippen molar-refractivity contribution >= 4 is 39.8 Å². The largest absolute Gasteiger partial charge is 0.338 e. The van der Waals surface area contributed by atoms with Crippen LogP contribution in [0.15, 0.2) is 72.9 Å². The molecule has 5 heteroatoms. The van der Waals surface area contributed by atoms with Gasteiger partial charge < -0.3 is 9.38 Å². The van der Waals surface area contributed by atoms with Crippen LogP contribution in [0, 0.1) is 0 Å². The summed E-state index contributed by atoms with van der Waals surface area (Å²) in [5.74, 6) is 0.820. The summed E-state index contributed by atoms with van der Waals surface area (Å²) in [6.07, 6.45) is 2.03. The van der Waals surface area contributed by atoms with Crippen molar-refractivity contribution in [1.29, 1.82) is 0 Å². The highest BCUT2D eigenvalue weighted by molar-refractivity contribution is 6.35. The van der Waals surface area contributed by atoms with Crippen molar-refractivity contribution in [1.82, 2.24) is 14.4 Å². The van der Waals surface area contributed by atoms with Crippen LogP contribution in [0.1, 0.15) is 0 Å². The molecule has 0 aliphatic carbocycles. The number of para-hydroxylation sites is 2. The highest BCUT2D eigenvalue weighted by Gasteiger charge is 2.17. The molecule has 0 atom stereocenters. The van der Waals surface area contributed by atoms with E-state index in [1.807, 2.05) is 54.7 Å². The lowest BCUT2D eigenvalue weighted by Gasteiger charge is -2.07. The maximum atomic E-state index is 6.26. The molecule has 0 amide bonds. The number of hydrogen-bond acceptors (Lipinski definition) is 1. The molecule has 0 saturated carbocycles. The molecule has 0 radical (unpaired) electrons. The van der Waals surface area contributed by atoms with Crippen LogP contribution in [0.2, 0.25) is 10.0 Å². The van der Waals surface area contributed by atoms with Crippen molar-refractivity contribution < 1.29 is 0 Å². The second-order valence-corrected chi connectivity index (χ2v) is 7.04. The highest BCUT2D eigenvalue weighted by atomic mass is 35.5. The molecular weight excluding hydrogens is 365 g/mol. The van der Waals surface area contributed by atoms with E-state index in [9.17, 15) is 0 Å². The van der Waals surface area contributed by atoms with Crippen molar-refractivity contribution in [2.45, 2.75) is 0 Å². The van der Waals surface area contributed by atoms with Gasteiger partial charge in [0.25, 0.3) is 0 Å². The van der Waals surface area contributed by atoms with E-state index in [1.165, 1.54) is 0 Å². The zero-order valence-electron chi connectivity index (χ0n) is 13.6. The summed E-state index contributed by atoms with van der Waals surface area (Å²) in [5, 5.41) is 1.21. The number of aromatic amines is 1. The highest BCUT2D eigenvalue weighted by Crippen LogP contribution is 2.37. The Balaban J connectivity index is 1.85. The van der Waals surface area contributed by atoms with Crippen LogP contribution in [-0.2, 0) is 0 Å². The number of nitrogens with zero attached hydrogens (tertiary/aromatic N) is 2. The molecule has 5 rings (SSSR count). The normalized spacial score (nSPS) is 11.5. The van der Waals surface area contributed by atoms with Gasteiger partial charge in [-0.3, -0.25) is 0 Å². The molecule has 0 spiro atoms. The standard InChI is InChI=1S/C21H13Cl2N3/c22-14-9-13(10-15(23)11-14)20-17(12-16-5-3-4-8-26(16)20)21-24-18-6-1-2-7-19(18)25-21/h1-12H,(H,24,25). The predicted octanol–water partition coefficient (Wildman–Crippen LogP) is 6.46. The van der Waals surface area contributed by atoms with Gasteiger partial charge in [-0.15, -0.1) is 0 Å². The first-order chi connectivity index (χ1) is 12.7. The summed E-state index contributed by atoms with van der Waals surface area (Å²) in [7, 11) is 0. The Hall–Kier alpha value is -2.75. The van der Waals surface area contributed by atoms with E-state index in [1.54, 1.807) is 6.07 Å². The second kappa shape index (κ2) is 5.90. The fourth-order valence-corrected chi connectivity index (χ4v) is 3.90. The first kappa shape index (κ1) is 15.5. The summed E-state index contributed by atoms with van der Waals surface area (Å²) in [6.45, 7) is 0. The van der Waals surface area contributed by atoms with E-state index >= 15 is 0 Å². The summed E-state index contributed by atoms with van der Waals surface area (Å²) in [6, 6.07) is 21.8. The van der Waals surface area contributed by atoms with Crippen molar-refractivity contribution in [3.63, 3.8) is 0 Å². The lowest BCUT2D eigenvalue weighted by Crippen LogP contribution is -1.90. The first-order valence-electron chi connectivity index (χ1n) is 8.21. The minimum absolute atomic E-state index is 0.605. The molecule has 1 N–H and O–H groups in total. The van der Waals surface area contributed by atoms with Crippen molar-refractivity contribution in [3.8, 4) is 22.6 Å². The SMILES string of the molecule is Clc1cc(Cl)cc(-c2c(-c3nc4ccccc4[nH]3)cc3ccccn23)c1. The maximum absolute atomic E-state index is 6.26. The summed E-state index contributed by atoms with van der Waals surface area (Å²) in [4.78, 5) is 8.20. The van der Waals surface area contributed by atoms with Crippen LogP contribution < -0.4 is 0 Å². The molecule has 3 heterocycles. The first-order valence-corrected chi connectivity index (χ1v) is 8.96. The van der Waals surface area contributed by atoms with Crippen LogP contribution in [0.25, 0.3) is 39.2 Å². The van der Waals surface area contributed by atoms with E-state index in [0.29, 0.717) is 10.0 Å². The van der Waals surface area contributed by atoms with Gasteiger partial charge in [0.05, 0.1) is 16.7 Å². The minimum Gasteiger partial charge on any atom is -0.338 e. The molecule has 0 aliphatic heterocycles. The number of aromatic nitrogens is 3. The molecule has 126 valence electrons. The third kappa shape index (κ3) is 2.48. The monoisotopic (exact) mass is 377 g/mol. The van der Waals surface area contributed by atoms with E-state index in [0.717, 1.165) is 39.2 Å². The quantitative estimate of drug-likeness (QED) is 0.376. The topological polar surface area (TPSA) is 33.1 Å². The molecular formula is C21H13Cl2N3. The molecule has 0 unspecified atom stereocenters. The average molecular weight is 378 g/mol. The second-order valence-electron chi connectivity index (χ2n) is 6.16. The Morgan fingerprint density at radius 1 is 0.846 bits per heavy atom. The number of pyridine rings is 1. The molecule has 0 aliphatic rings. The number of benzene rings is 2. The molecule has 3 aromatic heterocycles. The molecule has 0 fully saturated rings. The Bertz CT molecular complexity index is 1210. The van der Waals surface area contributed by atoms with Crippen LogP contribution in [-0.4, -0.2) is 14.4 Å². The van der Waals surface area contributed by atoms with Gasteiger partial charge in [-0.1, -0.05) is 41.4 Å². The lowest BCUT2D eigenvalue weighted by molar-refractivity contribution is 1.20. The number of nitrogens with one attached hydrogen (secondary N) is 1. The molecule has 5 aromatic rings. The van der Waals surface area contributed by atoms with E-state index in [2.05, 4.69) is 21.5 Å². The Morgan fingerprint density at radius 3 is 2.42 bits per heavy atom. The van der Waals surface area contributed by atoms with Crippen LogP contribution in [0.3, 0.4) is 0 Å². The number of H-pyrrole nitrogens is 1. The zero-order valence-corrected chi connectivity index (χ0v) is 15.1. The lowest BCUT2D eigenvalue weighted by atomic mass is 10.1. The Morgan fingerprint density at radius 2 is 1.62 bits per heavy atom. The summed E-state index contributed by atoms with van der Waals surface area (Å²) < 4.78 is 2.13. The number of fused-ring (bicyclic) bond motifs is 2. The van der Waals surface area contributed by atoms with Gasteiger partial charge in [-0.25, -0.2) is 4.98 Å². The third-order valence-corrected chi connectivity index (χ3v) is 4.90. The van der Waals surface area contributed by atoms with Gasteiger partial charge in [0, 0.05) is 32.9 Å². The fourth-order valence-electron chi connectivity index (χ4n) is 3.37. The van der Waals surface area contributed by atoms with E-state index in [4.69, 9.17) is 28.2 Å². The number of hydrogen-bond donors (Lipinski definition) is 1. The van der Waals surface area contributed by atoms with Gasteiger partial charge in [0.15, 0.2) is 0 Å². The maximum Gasteiger partial charge on any atom is 0.140 e. The van der Waals surface area contributed by atoms with Crippen molar-refractivity contribution in [3.05, 3.63) is 83.0 Å². The summed E-state index contributed by atoms with van der Waals surface area (Å²) >= 11 is 12.5. The number of rotatable bonds is 2. The minimum atomic E-state index is 0.605. The number of imidazole rings is 1. The van der Waals surface area contributed by atoms with Gasteiger partial charge in [-0.2, -0.15) is 0 Å². The fraction of sp³-hybridized carbons (Fsp3) is 0. The van der Waals surface area contributed by atoms with Gasteiger partial charge in [0.2, 0.25) is 0 Å². The summed E-state index contributed by atoms with van der Waals surface area (Å²) in [5.41, 5.74) is 5.98. The molecule has 3 nitrogen and oxygen atoms in total. The zero-order chi connectivity index (χ0) is 17.7. The van der Waals surface area contributed by atoms with Crippen LogP contribution >= 0.6 is 23.2 Å². The van der Waals surface area contributed by atoms with Crippen LogP contribution in [0.5, 0.6) is 0 Å². The predicted molar refractivity (Wildman–Crippen MR) is 108 cm³/mol. The molecule has 0 bridgehead atoms. The molecule has 26 heavy (non-hydrogen) atoms. The molecule has 2 aromatic carbocycles. The number of halogens is 2. The Labute approximate surface area is 159 Å². The third-order valence-electron chi connectivity index (χ3n) is 4.46. The van der Waals surface area contributed by atoms with Gasteiger partial charge in [-0.05, 0) is 48.5 Å². The van der Waals surface area contributed by atoms with Crippen molar-refractivity contribution in [2.75, 3.05) is 0 Å².